The van der Waals surface area contributed by atoms with Crippen molar-refractivity contribution < 1.29 is 18.7 Å². The second-order valence-electron chi connectivity index (χ2n) is 7.86. The molecule has 4 atom stereocenters. The number of carbonyl (C=O) groups is 1. The highest BCUT2D eigenvalue weighted by Gasteiger charge is 2.63. The SMILES string of the molecule is CC(=O)O[C@H]1C[C@H](O[Si](C)(C)C(C)(C)C)[C@]2(C)O[C@@H]2C1. The molecule has 0 radical (unpaired) electrons. The topological polar surface area (TPSA) is 48.1 Å². The Bertz CT molecular complexity index is 401. The molecule has 0 N–H and O–H groups in total. The third-order valence-electron chi connectivity index (χ3n) is 5.15. The zero-order valence-electron chi connectivity index (χ0n) is 13.8. The number of rotatable bonds is 3. The molecule has 20 heavy (non-hydrogen) atoms. The van der Waals surface area contributed by atoms with Crippen molar-refractivity contribution in [3.8, 4) is 0 Å². The fourth-order valence-electron chi connectivity index (χ4n) is 2.67. The molecule has 2 fully saturated rings. The maximum absolute atomic E-state index is 11.2. The summed E-state index contributed by atoms with van der Waals surface area (Å²) in [6.07, 6.45) is 1.69. The summed E-state index contributed by atoms with van der Waals surface area (Å²) in [6.45, 7) is 14.8. The Morgan fingerprint density at radius 3 is 2.40 bits per heavy atom. The summed E-state index contributed by atoms with van der Waals surface area (Å²) >= 11 is 0. The summed E-state index contributed by atoms with van der Waals surface area (Å²) in [4.78, 5) is 11.2. The molecule has 0 unspecified atom stereocenters. The van der Waals surface area contributed by atoms with Gasteiger partial charge in [-0.3, -0.25) is 4.79 Å². The summed E-state index contributed by atoms with van der Waals surface area (Å²) in [5, 5.41) is 0.169. The minimum Gasteiger partial charge on any atom is -0.462 e. The molecule has 1 aliphatic carbocycles. The van der Waals surface area contributed by atoms with E-state index in [4.69, 9.17) is 13.9 Å². The highest BCUT2D eigenvalue weighted by atomic mass is 28.4. The Morgan fingerprint density at radius 2 is 1.90 bits per heavy atom. The van der Waals surface area contributed by atoms with Crippen LogP contribution < -0.4 is 0 Å². The lowest BCUT2D eigenvalue weighted by Crippen LogP contribution is -2.51. The van der Waals surface area contributed by atoms with Crippen molar-refractivity contribution in [1.82, 2.24) is 0 Å². The van der Waals surface area contributed by atoms with Crippen molar-refractivity contribution in [3.05, 3.63) is 0 Å². The first-order valence-electron chi connectivity index (χ1n) is 7.48. The molecule has 0 bridgehead atoms. The van der Waals surface area contributed by atoms with Gasteiger partial charge in [-0.15, -0.1) is 0 Å². The maximum Gasteiger partial charge on any atom is 0.302 e. The van der Waals surface area contributed by atoms with Crippen LogP contribution in [0, 0.1) is 0 Å². The summed E-state index contributed by atoms with van der Waals surface area (Å²) in [7, 11) is -1.84. The molecule has 116 valence electrons. The molecule has 0 amide bonds. The van der Waals surface area contributed by atoms with Crippen LogP contribution in [0.5, 0.6) is 0 Å². The lowest BCUT2D eigenvalue weighted by molar-refractivity contribution is -0.149. The number of ether oxygens (including phenoxy) is 2. The minimum atomic E-state index is -1.84. The molecule has 2 rings (SSSR count). The molecule has 0 spiro atoms. The Balaban J connectivity index is 2.08. The normalized spacial score (nSPS) is 37.2. The quantitative estimate of drug-likeness (QED) is 0.456. The summed E-state index contributed by atoms with van der Waals surface area (Å²) < 4.78 is 17.8. The first-order chi connectivity index (χ1) is 8.96. The van der Waals surface area contributed by atoms with Crippen molar-refractivity contribution >= 4 is 14.3 Å². The van der Waals surface area contributed by atoms with Crippen molar-refractivity contribution in [2.75, 3.05) is 0 Å². The van der Waals surface area contributed by atoms with Gasteiger partial charge >= 0.3 is 5.97 Å². The number of carbonyl (C=O) groups excluding carboxylic acids is 1. The van der Waals surface area contributed by atoms with Gasteiger partial charge in [0.05, 0.1) is 12.2 Å². The fourth-order valence-corrected chi connectivity index (χ4v) is 4.07. The van der Waals surface area contributed by atoms with Crippen LogP contribution in [-0.2, 0) is 18.7 Å². The van der Waals surface area contributed by atoms with E-state index in [2.05, 4.69) is 40.8 Å². The van der Waals surface area contributed by atoms with Crippen molar-refractivity contribution in [2.24, 2.45) is 0 Å². The molecule has 0 aromatic rings. The van der Waals surface area contributed by atoms with Gasteiger partial charge in [0.25, 0.3) is 0 Å². The molecule has 1 saturated carbocycles. The second-order valence-corrected chi connectivity index (χ2v) is 12.6. The van der Waals surface area contributed by atoms with Crippen molar-refractivity contribution in [3.63, 3.8) is 0 Å². The van der Waals surface area contributed by atoms with E-state index in [0.29, 0.717) is 0 Å². The average molecular weight is 300 g/mol. The number of fused-ring (bicyclic) bond motifs is 1. The highest BCUT2D eigenvalue weighted by molar-refractivity contribution is 6.74. The molecule has 0 aromatic carbocycles. The van der Waals surface area contributed by atoms with Gasteiger partial charge in [-0.25, -0.2) is 0 Å². The van der Waals surface area contributed by atoms with Gasteiger partial charge < -0.3 is 13.9 Å². The van der Waals surface area contributed by atoms with E-state index in [-0.39, 0.29) is 34.9 Å². The predicted molar refractivity (Wildman–Crippen MR) is 80.1 cm³/mol. The summed E-state index contributed by atoms with van der Waals surface area (Å²) in [5.74, 6) is -0.217. The summed E-state index contributed by atoms with van der Waals surface area (Å²) in [5.41, 5.74) is -0.174. The van der Waals surface area contributed by atoms with Crippen LogP contribution in [0.2, 0.25) is 18.1 Å². The molecule has 1 heterocycles. The Kier molecular flexibility index (Phi) is 3.85. The van der Waals surface area contributed by atoms with E-state index in [1.54, 1.807) is 0 Å². The number of epoxide rings is 1. The first-order valence-corrected chi connectivity index (χ1v) is 10.4. The fraction of sp³-hybridized carbons (Fsp3) is 0.933. The van der Waals surface area contributed by atoms with Gasteiger partial charge in [-0.1, -0.05) is 20.8 Å². The third kappa shape index (κ3) is 2.94. The van der Waals surface area contributed by atoms with Crippen LogP contribution in [0.1, 0.15) is 47.5 Å². The van der Waals surface area contributed by atoms with Crippen molar-refractivity contribution in [1.29, 1.82) is 0 Å². The number of hydrogen-bond acceptors (Lipinski definition) is 4. The molecule has 1 saturated heterocycles. The van der Waals surface area contributed by atoms with Crippen LogP contribution >= 0.6 is 0 Å². The van der Waals surface area contributed by atoms with Gasteiger partial charge in [-0.2, -0.15) is 0 Å². The highest BCUT2D eigenvalue weighted by Crippen LogP contribution is 2.51. The number of esters is 1. The first kappa shape index (κ1) is 16.0. The van der Waals surface area contributed by atoms with Gasteiger partial charge in [0.1, 0.15) is 11.7 Å². The van der Waals surface area contributed by atoms with Crippen molar-refractivity contribution in [2.45, 2.75) is 89.5 Å². The molecule has 4 nitrogen and oxygen atoms in total. The molecule has 2 aliphatic rings. The van der Waals surface area contributed by atoms with Gasteiger partial charge in [-0.05, 0) is 25.1 Å². The third-order valence-corrected chi connectivity index (χ3v) is 9.63. The van der Waals surface area contributed by atoms with Gasteiger partial charge in [0, 0.05) is 19.8 Å². The van der Waals surface area contributed by atoms with Crippen LogP contribution in [0.3, 0.4) is 0 Å². The van der Waals surface area contributed by atoms with E-state index in [9.17, 15) is 4.79 Å². The number of hydrogen-bond donors (Lipinski definition) is 0. The molecule has 1 aliphatic heterocycles. The summed E-state index contributed by atoms with van der Waals surface area (Å²) in [6, 6.07) is 0. The molecular formula is C15H28O4Si. The van der Waals surface area contributed by atoms with E-state index >= 15 is 0 Å². The van der Waals surface area contributed by atoms with Gasteiger partial charge in [0.2, 0.25) is 0 Å². The minimum absolute atomic E-state index is 0.0338. The largest absolute Gasteiger partial charge is 0.462 e. The maximum atomic E-state index is 11.2. The van der Waals surface area contributed by atoms with E-state index in [1.807, 2.05) is 0 Å². The monoisotopic (exact) mass is 300 g/mol. The Hall–Kier alpha value is -0.393. The van der Waals surface area contributed by atoms with Crippen LogP contribution in [-0.4, -0.2) is 38.2 Å². The van der Waals surface area contributed by atoms with E-state index in [0.717, 1.165) is 12.8 Å². The van der Waals surface area contributed by atoms with E-state index < -0.39 is 8.32 Å². The van der Waals surface area contributed by atoms with E-state index in [1.165, 1.54) is 6.92 Å². The molecule has 5 heteroatoms. The zero-order valence-corrected chi connectivity index (χ0v) is 14.8. The zero-order chi connectivity index (χ0) is 15.3. The predicted octanol–water partition coefficient (Wildman–Crippen LogP) is 3.26. The van der Waals surface area contributed by atoms with Gasteiger partial charge in [0.15, 0.2) is 8.32 Å². The lowest BCUT2D eigenvalue weighted by atomic mass is 9.86. The molecular weight excluding hydrogens is 272 g/mol. The molecule has 0 aromatic heterocycles. The second kappa shape index (κ2) is 4.82. The van der Waals surface area contributed by atoms with Crippen LogP contribution in [0.4, 0.5) is 0 Å². The smallest absolute Gasteiger partial charge is 0.302 e. The standard InChI is InChI=1S/C15H28O4Si/c1-10(16)17-11-8-12-15(5,18-12)13(9-11)19-20(6,7)14(2,3)4/h11-13H,8-9H2,1-7H3/t11-,12-,13+,15-/m1/s1. The average Bonchev–Trinajstić information content (AvgIpc) is 2.87. The Morgan fingerprint density at radius 1 is 1.30 bits per heavy atom. The lowest BCUT2D eigenvalue weighted by Gasteiger charge is -2.42. The van der Waals surface area contributed by atoms with Crippen LogP contribution in [0.25, 0.3) is 0 Å². The van der Waals surface area contributed by atoms with Crippen LogP contribution in [0.15, 0.2) is 0 Å². The Labute approximate surface area is 123 Å².